The van der Waals surface area contributed by atoms with E-state index in [0.717, 1.165) is 73.9 Å². The number of carbonyl (C=O) groups is 1. The molecule has 1 saturated carbocycles. The van der Waals surface area contributed by atoms with Gasteiger partial charge >= 0.3 is 0 Å². The lowest BCUT2D eigenvalue weighted by Crippen LogP contribution is -2.47. The van der Waals surface area contributed by atoms with Crippen molar-refractivity contribution in [3.8, 4) is 11.5 Å². The number of aromatic nitrogens is 2. The maximum Gasteiger partial charge on any atom is 0.296 e. The molecule has 56 heavy (non-hydrogen) atoms. The van der Waals surface area contributed by atoms with Crippen LogP contribution in [-0.4, -0.2) is 68.7 Å². The van der Waals surface area contributed by atoms with E-state index in [0.29, 0.717) is 16.8 Å². The number of nitrogens with two attached hydrogens (primary N) is 1. The van der Waals surface area contributed by atoms with Crippen LogP contribution in [0.3, 0.4) is 0 Å². The van der Waals surface area contributed by atoms with E-state index < -0.39 is 27.9 Å². The second-order valence-electron chi connectivity index (χ2n) is 14.8. The Morgan fingerprint density at radius 1 is 1.11 bits per heavy atom. The average molecular weight is 793 g/mol. The predicted molar refractivity (Wildman–Crippen MR) is 219 cm³/mol. The second kappa shape index (κ2) is 15.6. The summed E-state index contributed by atoms with van der Waals surface area (Å²) in [6.45, 7) is 4.19. The van der Waals surface area contributed by atoms with Gasteiger partial charge in [-0.2, -0.15) is 4.72 Å². The molecule has 3 aliphatic carbocycles. The third-order valence-electron chi connectivity index (χ3n) is 11.4. The Kier molecular flexibility index (Phi) is 10.5. The number of halogens is 1. The molecule has 1 spiro atoms. The Hall–Kier alpha value is -5.41. The number of pyridine rings is 1. The quantitative estimate of drug-likeness (QED) is 0.0728. The zero-order valence-corrected chi connectivity index (χ0v) is 32.1. The van der Waals surface area contributed by atoms with Crippen LogP contribution in [-0.2, 0) is 11.4 Å². The highest BCUT2D eigenvalue weighted by molar-refractivity contribution is 7.94. The van der Waals surface area contributed by atoms with E-state index in [9.17, 15) is 19.5 Å². The smallest absolute Gasteiger partial charge is 0.296 e. The van der Waals surface area contributed by atoms with Crippen molar-refractivity contribution in [2.24, 2.45) is 11.1 Å². The molecule has 1 saturated heterocycles. The molecule has 4 aliphatic rings. The molecule has 1 atom stereocenters. The number of anilines is 1. The fourth-order valence-corrected chi connectivity index (χ4v) is 9.12. The summed E-state index contributed by atoms with van der Waals surface area (Å²) in [5, 5.41) is 21.4. The number of carbonyl (C=O) groups excluding carboxylic acids is 1. The van der Waals surface area contributed by atoms with Crippen LogP contribution in [0, 0.1) is 20.9 Å². The number of aromatic amines is 1. The zero-order valence-electron chi connectivity index (χ0n) is 30.6. The summed E-state index contributed by atoms with van der Waals surface area (Å²) in [6, 6.07) is 17.2. The van der Waals surface area contributed by atoms with E-state index in [1.807, 2.05) is 24.3 Å². The maximum atomic E-state index is 13.7. The van der Waals surface area contributed by atoms with Gasteiger partial charge < -0.3 is 24.9 Å². The predicted octanol–water partition coefficient (Wildman–Crippen LogP) is 7.25. The van der Waals surface area contributed by atoms with Crippen molar-refractivity contribution in [1.29, 1.82) is 5.41 Å². The number of ether oxygens (including phenoxy) is 1. The Bertz CT molecular complexity index is 2340. The fourth-order valence-electron chi connectivity index (χ4n) is 8.15. The number of rotatable bonds is 10. The van der Waals surface area contributed by atoms with Gasteiger partial charge in [-0.25, -0.2) is 4.98 Å². The Morgan fingerprint density at radius 3 is 2.61 bits per heavy atom. The van der Waals surface area contributed by atoms with Gasteiger partial charge in [-0.3, -0.25) is 25.2 Å². The number of H-pyrrole nitrogens is 1. The average Bonchev–Trinajstić information content (AvgIpc) is 3.66. The molecule has 0 bridgehead atoms. The molecule has 2 aromatic heterocycles. The minimum Gasteiger partial charge on any atom is -0.588 e. The lowest BCUT2D eigenvalue weighted by atomic mass is 9.59. The standard InChI is InChI=1S/C41H41ClN8O5S/c42-29-4-2-26(3-5-29)34-22-41(10-1-11-41)12-8-28(34)25-48-14-16-49(17-15-48)30-6-7-33(38(19-30)55-31-18-27-9-13-45-39(27)46-24-31)40(51)47-56(54)32-20-36(44)35(23-43)37(21-32)50(52)53/h2-7,9,13,18-21,23-24,44H,1,8,10-12,14-17,22,25,43H2,(H,45,46)(H,47,51)/b35-23+,44-36?. The molecule has 5 N–H and O–H groups in total. The Morgan fingerprint density at radius 2 is 1.89 bits per heavy atom. The molecule has 1 amide bonds. The van der Waals surface area contributed by atoms with Crippen LogP contribution in [0.15, 0.2) is 107 Å². The second-order valence-corrected chi connectivity index (χ2v) is 16.4. The normalized spacial score (nSPS) is 19.8. The zero-order chi connectivity index (χ0) is 39.0. The van der Waals surface area contributed by atoms with E-state index >= 15 is 0 Å². The third-order valence-corrected chi connectivity index (χ3v) is 12.7. The number of nitro groups is 1. The number of allylic oxidation sites excluding steroid dienone is 4. The monoisotopic (exact) mass is 792 g/mol. The van der Waals surface area contributed by atoms with Crippen molar-refractivity contribution < 1.29 is 19.0 Å². The van der Waals surface area contributed by atoms with E-state index in [-0.39, 0.29) is 27.5 Å². The van der Waals surface area contributed by atoms with Crippen molar-refractivity contribution >= 4 is 56.9 Å². The molecule has 288 valence electrons. The van der Waals surface area contributed by atoms with Crippen molar-refractivity contribution in [3.05, 3.63) is 133 Å². The highest BCUT2D eigenvalue weighted by Crippen LogP contribution is 2.55. The van der Waals surface area contributed by atoms with Gasteiger partial charge in [0.1, 0.15) is 28.5 Å². The van der Waals surface area contributed by atoms with Crippen molar-refractivity contribution in [2.45, 2.75) is 38.5 Å². The number of benzene rings is 2. The largest absolute Gasteiger partial charge is 0.588 e. The Labute approximate surface area is 331 Å². The van der Waals surface area contributed by atoms with E-state index in [1.54, 1.807) is 30.6 Å². The topological polar surface area (TPSA) is 190 Å². The molecule has 1 unspecified atom stereocenters. The first-order valence-corrected chi connectivity index (χ1v) is 20.1. The summed E-state index contributed by atoms with van der Waals surface area (Å²) in [7, 11) is 0. The third kappa shape index (κ3) is 7.69. The van der Waals surface area contributed by atoms with Crippen molar-refractivity contribution in [3.63, 3.8) is 0 Å². The first-order valence-electron chi connectivity index (χ1n) is 18.6. The summed E-state index contributed by atoms with van der Waals surface area (Å²) in [4.78, 5) is 36.8. The molecule has 13 nitrogen and oxygen atoms in total. The van der Waals surface area contributed by atoms with Gasteiger partial charge in [-0.05, 0) is 85.1 Å². The number of amides is 1. The van der Waals surface area contributed by atoms with Gasteiger partial charge in [-0.1, -0.05) is 35.7 Å². The molecule has 4 aromatic rings. The van der Waals surface area contributed by atoms with E-state index in [4.69, 9.17) is 27.5 Å². The van der Waals surface area contributed by atoms with Gasteiger partial charge in [0.25, 0.3) is 11.6 Å². The minimum atomic E-state index is -2.24. The molecular weight excluding hydrogens is 752 g/mol. The first kappa shape index (κ1) is 37.5. The highest BCUT2D eigenvalue weighted by Gasteiger charge is 2.41. The van der Waals surface area contributed by atoms with Crippen LogP contribution in [0.2, 0.25) is 5.02 Å². The lowest BCUT2D eigenvalue weighted by Gasteiger charge is -2.47. The summed E-state index contributed by atoms with van der Waals surface area (Å²) >= 11 is 4.02. The van der Waals surface area contributed by atoms with Crippen molar-refractivity contribution in [1.82, 2.24) is 19.6 Å². The van der Waals surface area contributed by atoms with Gasteiger partial charge in [0.15, 0.2) is 4.91 Å². The van der Waals surface area contributed by atoms with Crippen LogP contribution in [0.1, 0.15) is 54.4 Å². The molecule has 2 fully saturated rings. The summed E-state index contributed by atoms with van der Waals surface area (Å²) in [6.07, 6.45) is 14.0. The van der Waals surface area contributed by atoms with E-state index in [2.05, 4.69) is 36.6 Å². The summed E-state index contributed by atoms with van der Waals surface area (Å²) < 4.78 is 22.1. The SMILES string of the molecule is N=C1C=C([S+]([O-])NC(=O)c2ccc(N3CCN(CC4=C(c5ccc(Cl)cc5)CC5(CCC5)CC4)CC3)cc2Oc2cnc3[nH]ccc3c2)C=C([N+](=O)[O-])/C1=C/N. The summed E-state index contributed by atoms with van der Waals surface area (Å²) in [5.74, 6) is -0.102. The number of hydrogen-bond acceptors (Lipinski definition) is 10. The van der Waals surface area contributed by atoms with Crippen LogP contribution in [0.4, 0.5) is 5.69 Å². The Balaban J connectivity index is 1.01. The number of fused-ring (bicyclic) bond motifs is 1. The minimum absolute atomic E-state index is 0.102. The molecular formula is C41H41ClN8O5S. The molecule has 15 heteroatoms. The van der Waals surface area contributed by atoms with Gasteiger partial charge in [0.2, 0.25) is 0 Å². The molecule has 8 rings (SSSR count). The fraction of sp³-hybridized carbons (Fsp3) is 0.293. The highest BCUT2D eigenvalue weighted by atomic mass is 35.5. The van der Waals surface area contributed by atoms with Gasteiger partial charge in [-0.15, -0.1) is 0 Å². The summed E-state index contributed by atoms with van der Waals surface area (Å²) in [5.41, 5.74) is 11.0. The molecule has 1 aliphatic heterocycles. The van der Waals surface area contributed by atoms with Gasteiger partial charge in [0.05, 0.1) is 34.0 Å². The molecule has 3 heterocycles. The van der Waals surface area contributed by atoms with Crippen LogP contribution < -0.4 is 20.1 Å². The van der Waals surface area contributed by atoms with Crippen LogP contribution in [0.25, 0.3) is 16.6 Å². The first-order chi connectivity index (χ1) is 27.1. The maximum absolute atomic E-state index is 13.7. The van der Waals surface area contributed by atoms with E-state index in [1.165, 1.54) is 48.5 Å². The van der Waals surface area contributed by atoms with Crippen molar-refractivity contribution in [2.75, 3.05) is 37.6 Å². The lowest BCUT2D eigenvalue weighted by molar-refractivity contribution is -0.420. The van der Waals surface area contributed by atoms with Gasteiger partial charge in [0, 0.05) is 73.4 Å². The number of nitrogens with one attached hydrogen (secondary N) is 3. The molecule has 0 radical (unpaired) electrons. The number of piperazine rings is 1. The number of hydrogen-bond donors (Lipinski definition) is 4. The van der Waals surface area contributed by atoms with Crippen LogP contribution >= 0.6 is 11.6 Å². The van der Waals surface area contributed by atoms with Crippen LogP contribution in [0.5, 0.6) is 11.5 Å². The number of nitrogens with zero attached hydrogens (tertiary/aromatic N) is 4. The molecule has 2 aromatic carbocycles.